The molecule has 0 heterocycles. The number of hydrogen-bond acceptors (Lipinski definition) is 3. The van der Waals surface area contributed by atoms with Crippen molar-refractivity contribution in [3.05, 3.63) is 59.7 Å². The lowest BCUT2D eigenvalue weighted by atomic mass is 9.93. The molecular weight excluding hydrogens is 226 g/mol. The molecule has 2 aromatic carbocycles. The molecule has 0 fully saturated rings. The van der Waals surface area contributed by atoms with Crippen LogP contribution < -0.4 is 0 Å². The molecule has 0 saturated heterocycles. The van der Waals surface area contributed by atoms with Gasteiger partial charge in [0, 0.05) is 0 Å². The van der Waals surface area contributed by atoms with Crippen molar-refractivity contribution in [2.75, 3.05) is 0 Å². The molecule has 2 N–H and O–H groups in total. The van der Waals surface area contributed by atoms with Gasteiger partial charge in [-0.3, -0.25) is 0 Å². The highest BCUT2D eigenvalue weighted by atomic mass is 16.3. The van der Waals surface area contributed by atoms with E-state index >= 15 is 0 Å². The van der Waals surface area contributed by atoms with Gasteiger partial charge < -0.3 is 10.2 Å². The third-order valence-corrected chi connectivity index (χ3v) is 2.78. The number of nitriles is 1. The molecule has 18 heavy (non-hydrogen) atoms. The minimum Gasteiger partial charge on any atom is -0.508 e. The summed E-state index contributed by atoms with van der Waals surface area (Å²) in [6, 6.07) is 15.8. The van der Waals surface area contributed by atoms with Crippen LogP contribution in [0.1, 0.15) is 17.0 Å². The van der Waals surface area contributed by atoms with E-state index in [4.69, 9.17) is 0 Å². The van der Waals surface area contributed by atoms with Gasteiger partial charge in [0.25, 0.3) is 0 Å². The number of benzene rings is 2. The zero-order valence-corrected chi connectivity index (χ0v) is 9.74. The van der Waals surface area contributed by atoms with E-state index < -0.39 is 0 Å². The average Bonchev–Trinajstić information content (AvgIpc) is 2.36. The SMILES string of the molecule is N#C[C@H](Cc1cccc(O)c1)c1cccc(O)c1. The van der Waals surface area contributed by atoms with Gasteiger partial charge in [-0.05, 0) is 41.8 Å². The first kappa shape index (κ1) is 12.0. The number of nitrogens with zero attached hydrogens (tertiary/aromatic N) is 1. The topological polar surface area (TPSA) is 64.2 Å². The molecule has 0 aliphatic rings. The van der Waals surface area contributed by atoms with Crippen LogP contribution in [0, 0.1) is 11.3 Å². The molecule has 0 radical (unpaired) electrons. The summed E-state index contributed by atoms with van der Waals surface area (Å²) < 4.78 is 0. The van der Waals surface area contributed by atoms with Gasteiger partial charge in [0.1, 0.15) is 11.5 Å². The lowest BCUT2D eigenvalue weighted by Crippen LogP contribution is -2.00. The predicted molar refractivity (Wildman–Crippen MR) is 68.3 cm³/mol. The van der Waals surface area contributed by atoms with Crippen LogP contribution in [0.5, 0.6) is 11.5 Å². The lowest BCUT2D eigenvalue weighted by molar-refractivity contribution is 0.473. The van der Waals surface area contributed by atoms with Gasteiger partial charge >= 0.3 is 0 Å². The van der Waals surface area contributed by atoms with Crippen molar-refractivity contribution in [2.24, 2.45) is 0 Å². The number of rotatable bonds is 3. The van der Waals surface area contributed by atoms with Crippen molar-refractivity contribution in [3.63, 3.8) is 0 Å². The quantitative estimate of drug-likeness (QED) is 0.865. The Bertz CT molecular complexity index is 587. The smallest absolute Gasteiger partial charge is 0.115 e. The Kier molecular flexibility index (Phi) is 3.49. The summed E-state index contributed by atoms with van der Waals surface area (Å²) in [7, 11) is 0. The summed E-state index contributed by atoms with van der Waals surface area (Å²) in [5, 5.41) is 28.0. The Morgan fingerprint density at radius 3 is 2.28 bits per heavy atom. The molecule has 0 saturated carbocycles. The highest BCUT2D eigenvalue weighted by Gasteiger charge is 2.12. The van der Waals surface area contributed by atoms with E-state index in [0.29, 0.717) is 6.42 Å². The second-order valence-electron chi connectivity index (χ2n) is 4.15. The molecule has 0 amide bonds. The summed E-state index contributed by atoms with van der Waals surface area (Å²) >= 11 is 0. The zero-order chi connectivity index (χ0) is 13.0. The summed E-state index contributed by atoms with van der Waals surface area (Å²) in [6.07, 6.45) is 0.508. The van der Waals surface area contributed by atoms with Crippen LogP contribution in [0.25, 0.3) is 0 Å². The predicted octanol–water partition coefficient (Wildman–Crippen LogP) is 2.95. The Hall–Kier alpha value is -2.47. The van der Waals surface area contributed by atoms with Gasteiger partial charge in [-0.25, -0.2) is 0 Å². The molecule has 1 atom stereocenters. The van der Waals surface area contributed by atoms with Crippen molar-refractivity contribution in [3.8, 4) is 17.6 Å². The largest absolute Gasteiger partial charge is 0.508 e. The van der Waals surface area contributed by atoms with Gasteiger partial charge in [-0.1, -0.05) is 24.3 Å². The summed E-state index contributed by atoms with van der Waals surface area (Å²) in [5.41, 5.74) is 1.67. The Morgan fingerprint density at radius 2 is 1.67 bits per heavy atom. The van der Waals surface area contributed by atoms with Crippen molar-refractivity contribution < 1.29 is 10.2 Å². The van der Waals surface area contributed by atoms with Crippen LogP contribution in [0.3, 0.4) is 0 Å². The zero-order valence-electron chi connectivity index (χ0n) is 9.74. The first-order chi connectivity index (χ1) is 8.69. The van der Waals surface area contributed by atoms with E-state index in [9.17, 15) is 15.5 Å². The second-order valence-corrected chi connectivity index (χ2v) is 4.15. The first-order valence-corrected chi connectivity index (χ1v) is 5.65. The molecule has 0 unspecified atom stereocenters. The first-order valence-electron chi connectivity index (χ1n) is 5.65. The second kappa shape index (κ2) is 5.24. The Labute approximate surface area is 106 Å². The molecule has 0 aliphatic heterocycles. The van der Waals surface area contributed by atoms with E-state index in [0.717, 1.165) is 11.1 Å². The molecule has 2 aromatic rings. The Balaban J connectivity index is 2.23. The highest BCUT2D eigenvalue weighted by molar-refractivity contribution is 5.35. The normalized spacial score (nSPS) is 11.7. The van der Waals surface area contributed by atoms with Gasteiger partial charge in [-0.2, -0.15) is 5.26 Å². The summed E-state index contributed by atoms with van der Waals surface area (Å²) in [5.74, 6) is 0.0163. The Morgan fingerprint density at radius 1 is 1.00 bits per heavy atom. The third kappa shape index (κ3) is 2.80. The van der Waals surface area contributed by atoms with E-state index in [-0.39, 0.29) is 17.4 Å². The fraction of sp³-hybridized carbons (Fsp3) is 0.133. The standard InChI is InChI=1S/C15H13NO2/c16-10-13(12-4-2-6-15(18)9-12)7-11-3-1-5-14(17)8-11/h1-6,8-9,13,17-18H,7H2/t13-/m0/s1. The van der Waals surface area contributed by atoms with Crippen molar-refractivity contribution in [1.29, 1.82) is 5.26 Å². The molecule has 0 aliphatic carbocycles. The minimum atomic E-state index is -0.334. The van der Waals surface area contributed by atoms with Gasteiger partial charge in [-0.15, -0.1) is 0 Å². The van der Waals surface area contributed by atoms with Crippen LogP contribution in [-0.2, 0) is 6.42 Å². The molecule has 3 heteroatoms. The van der Waals surface area contributed by atoms with Gasteiger partial charge in [0.05, 0.1) is 12.0 Å². The maximum atomic E-state index is 9.42. The van der Waals surface area contributed by atoms with E-state index in [2.05, 4.69) is 6.07 Å². The maximum Gasteiger partial charge on any atom is 0.115 e. The molecule has 3 nitrogen and oxygen atoms in total. The van der Waals surface area contributed by atoms with E-state index in [1.165, 1.54) is 0 Å². The van der Waals surface area contributed by atoms with E-state index in [1.54, 1.807) is 36.4 Å². The van der Waals surface area contributed by atoms with Crippen molar-refractivity contribution in [1.82, 2.24) is 0 Å². The highest BCUT2D eigenvalue weighted by Crippen LogP contribution is 2.24. The lowest BCUT2D eigenvalue weighted by Gasteiger charge is -2.10. The maximum absolute atomic E-state index is 9.42. The molecule has 2 rings (SSSR count). The number of hydrogen-bond donors (Lipinski definition) is 2. The fourth-order valence-electron chi connectivity index (χ4n) is 1.90. The molecule has 0 bridgehead atoms. The minimum absolute atomic E-state index is 0.156. The molecule has 0 spiro atoms. The van der Waals surface area contributed by atoms with Crippen molar-refractivity contribution >= 4 is 0 Å². The van der Waals surface area contributed by atoms with Crippen LogP contribution in [0.4, 0.5) is 0 Å². The number of phenolic OH excluding ortho intramolecular Hbond substituents is 2. The van der Waals surface area contributed by atoms with Crippen LogP contribution in [0.15, 0.2) is 48.5 Å². The molecule has 0 aromatic heterocycles. The van der Waals surface area contributed by atoms with Gasteiger partial charge in [0.2, 0.25) is 0 Å². The van der Waals surface area contributed by atoms with Crippen LogP contribution in [-0.4, -0.2) is 10.2 Å². The van der Waals surface area contributed by atoms with Crippen LogP contribution in [0.2, 0.25) is 0 Å². The summed E-state index contributed by atoms with van der Waals surface area (Å²) in [6.45, 7) is 0. The molecule has 90 valence electrons. The summed E-state index contributed by atoms with van der Waals surface area (Å²) in [4.78, 5) is 0. The van der Waals surface area contributed by atoms with E-state index in [1.807, 2.05) is 12.1 Å². The van der Waals surface area contributed by atoms with Crippen molar-refractivity contribution in [2.45, 2.75) is 12.3 Å². The van der Waals surface area contributed by atoms with Crippen LogP contribution >= 0.6 is 0 Å². The monoisotopic (exact) mass is 239 g/mol. The van der Waals surface area contributed by atoms with Gasteiger partial charge in [0.15, 0.2) is 0 Å². The number of phenols is 2. The number of aromatic hydroxyl groups is 2. The third-order valence-electron chi connectivity index (χ3n) is 2.78. The molecular formula is C15H13NO2. The fourth-order valence-corrected chi connectivity index (χ4v) is 1.90. The average molecular weight is 239 g/mol.